The maximum absolute atomic E-state index is 5.95. The Morgan fingerprint density at radius 1 is 0.689 bits per heavy atom. The molecule has 3 rings (SSSR count). The number of nitrogens with two attached hydrogens (primary N) is 2. The predicted molar refractivity (Wildman–Crippen MR) is 185 cm³/mol. The van der Waals surface area contributed by atoms with E-state index in [2.05, 4.69) is 129 Å². The second-order valence-corrected chi connectivity index (χ2v) is 17.8. The molecule has 0 bridgehead atoms. The van der Waals surface area contributed by atoms with Crippen LogP contribution in [0.3, 0.4) is 0 Å². The van der Waals surface area contributed by atoms with Gasteiger partial charge < -0.3 is 26.6 Å². The van der Waals surface area contributed by atoms with Crippen LogP contribution in [0.2, 0.25) is 0 Å². The van der Waals surface area contributed by atoms with Crippen LogP contribution >= 0.6 is 0 Å². The molecule has 2 aliphatic heterocycles. The van der Waals surface area contributed by atoms with E-state index in [1.807, 2.05) is 0 Å². The third-order valence-electron chi connectivity index (χ3n) is 9.31. The Kier molecular flexibility index (Phi) is 10.9. The molecule has 0 unspecified atom stereocenters. The van der Waals surface area contributed by atoms with Crippen molar-refractivity contribution in [2.24, 2.45) is 16.9 Å². The van der Waals surface area contributed by atoms with Gasteiger partial charge in [-0.05, 0) is 107 Å². The van der Waals surface area contributed by atoms with E-state index in [9.17, 15) is 0 Å². The Morgan fingerprint density at radius 2 is 1.02 bits per heavy atom. The van der Waals surface area contributed by atoms with Crippen molar-refractivity contribution in [2.75, 3.05) is 42.7 Å². The molecule has 1 aromatic heterocycles. The molecule has 0 atom stereocenters. The van der Waals surface area contributed by atoms with E-state index in [-0.39, 0.29) is 58.7 Å². The van der Waals surface area contributed by atoms with Gasteiger partial charge in [0.25, 0.3) is 0 Å². The van der Waals surface area contributed by atoms with Gasteiger partial charge in [0.15, 0.2) is 0 Å². The van der Waals surface area contributed by atoms with Crippen molar-refractivity contribution >= 4 is 17.8 Å². The lowest BCUT2D eigenvalue weighted by Gasteiger charge is -2.55. The van der Waals surface area contributed by atoms with Crippen LogP contribution in [0.1, 0.15) is 122 Å². The van der Waals surface area contributed by atoms with Crippen LogP contribution in [0.5, 0.6) is 0 Å². The molecule has 0 aliphatic carbocycles. The Balaban J connectivity index is 2.04. The first-order valence-corrected chi connectivity index (χ1v) is 16.6. The molecule has 260 valence electrons. The van der Waals surface area contributed by atoms with E-state index >= 15 is 0 Å². The Labute approximate surface area is 273 Å². The fraction of sp³-hybridized carbons (Fsp3) is 0.909. The lowest BCUT2D eigenvalue weighted by Crippen LogP contribution is -2.64. The number of aromatic nitrogens is 3. The normalized spacial score (nSPS) is 22.8. The molecule has 0 spiro atoms. The van der Waals surface area contributed by atoms with Crippen molar-refractivity contribution in [3.8, 4) is 0 Å². The van der Waals surface area contributed by atoms with Gasteiger partial charge in [0.05, 0.1) is 0 Å². The highest BCUT2D eigenvalue weighted by molar-refractivity contribution is 5.47. The number of nitrogens with zero attached hydrogens (tertiary/aromatic N) is 7. The van der Waals surface area contributed by atoms with E-state index in [4.69, 9.17) is 36.1 Å². The first kappa shape index (κ1) is 37.6. The maximum atomic E-state index is 5.95. The maximum Gasteiger partial charge on any atom is 0.231 e. The first-order chi connectivity index (χ1) is 20.3. The highest BCUT2D eigenvalue weighted by Gasteiger charge is 2.49. The summed E-state index contributed by atoms with van der Waals surface area (Å²) in [6.07, 6.45) is 4.41. The fourth-order valence-electron chi connectivity index (χ4n) is 8.54. The summed E-state index contributed by atoms with van der Waals surface area (Å²) in [5, 5.41) is 7.83. The SMILES string of the molecule is CN(c1nc(NC(C)(C)CC(C)(C)C)nc(N(C)C2CC(C)(C)N(OCN)C(C)(C)C2)n1)C1CC(C)(C)N(OCN)C(C)(C)C1. The van der Waals surface area contributed by atoms with Crippen LogP contribution in [-0.2, 0) is 9.68 Å². The molecular weight excluding hydrogens is 568 g/mol. The monoisotopic (exact) mass is 635 g/mol. The van der Waals surface area contributed by atoms with Gasteiger partial charge in [-0.1, -0.05) is 20.8 Å². The van der Waals surface area contributed by atoms with Crippen molar-refractivity contribution in [3.05, 3.63) is 0 Å². The first-order valence-electron chi connectivity index (χ1n) is 16.6. The van der Waals surface area contributed by atoms with Gasteiger partial charge in [0.1, 0.15) is 13.5 Å². The molecule has 0 saturated carbocycles. The predicted octanol–water partition coefficient (Wildman–Crippen LogP) is 5.11. The van der Waals surface area contributed by atoms with Gasteiger partial charge in [0, 0.05) is 53.9 Å². The molecule has 12 nitrogen and oxygen atoms in total. The zero-order valence-electron chi connectivity index (χ0n) is 31.2. The number of hydrogen-bond donors (Lipinski definition) is 3. The van der Waals surface area contributed by atoms with Crippen LogP contribution in [-0.4, -0.2) is 92.4 Å². The van der Waals surface area contributed by atoms with Crippen molar-refractivity contribution in [1.82, 2.24) is 25.1 Å². The summed E-state index contributed by atoms with van der Waals surface area (Å²) >= 11 is 0. The number of hydroxylamine groups is 4. The zero-order chi connectivity index (χ0) is 34.4. The van der Waals surface area contributed by atoms with Crippen LogP contribution < -0.4 is 26.6 Å². The molecule has 0 aromatic carbocycles. The van der Waals surface area contributed by atoms with E-state index in [0.29, 0.717) is 17.8 Å². The Hall–Kier alpha value is -1.83. The summed E-state index contributed by atoms with van der Waals surface area (Å²) in [4.78, 5) is 31.6. The highest BCUT2D eigenvalue weighted by atomic mass is 16.7. The summed E-state index contributed by atoms with van der Waals surface area (Å²) in [7, 11) is 4.21. The van der Waals surface area contributed by atoms with E-state index in [1.54, 1.807) is 0 Å². The number of hydrogen-bond acceptors (Lipinski definition) is 12. The molecule has 0 amide bonds. The Bertz CT molecular complexity index is 1040. The number of piperidine rings is 2. The number of nitrogens with one attached hydrogen (secondary N) is 1. The van der Waals surface area contributed by atoms with Crippen LogP contribution in [0.15, 0.2) is 0 Å². The van der Waals surface area contributed by atoms with Crippen molar-refractivity contribution in [2.45, 2.75) is 162 Å². The topological polar surface area (TPSA) is 134 Å². The molecule has 2 saturated heterocycles. The Morgan fingerprint density at radius 3 is 1.31 bits per heavy atom. The van der Waals surface area contributed by atoms with Gasteiger partial charge in [0.2, 0.25) is 17.8 Å². The minimum atomic E-state index is -0.237. The average Bonchev–Trinajstić information content (AvgIpc) is 2.84. The number of rotatable bonds is 11. The van der Waals surface area contributed by atoms with Gasteiger partial charge in [-0.25, -0.2) is 0 Å². The molecular formula is C33H66N10O2. The smallest absolute Gasteiger partial charge is 0.231 e. The van der Waals surface area contributed by atoms with E-state index < -0.39 is 0 Å². The van der Waals surface area contributed by atoms with Crippen LogP contribution in [0.25, 0.3) is 0 Å². The molecule has 2 fully saturated rings. The summed E-state index contributed by atoms with van der Waals surface area (Å²) in [6, 6.07) is 0.358. The second-order valence-electron chi connectivity index (χ2n) is 17.8. The van der Waals surface area contributed by atoms with Crippen molar-refractivity contribution in [1.29, 1.82) is 0 Å². The quantitative estimate of drug-likeness (QED) is 0.279. The molecule has 45 heavy (non-hydrogen) atoms. The molecule has 12 heteroatoms. The fourth-order valence-corrected chi connectivity index (χ4v) is 8.54. The molecule has 5 N–H and O–H groups in total. The standard InChI is InChI=1S/C33H66N10O2/c1-28(2,3)20-29(4,5)39-25-36-26(40(14)23-16-30(6,7)42(44-21-34)31(8,9)17-23)38-27(37-25)41(15)24-18-32(10,11)43(45-22-35)33(12,13)19-24/h23-24H,16-22,34-35H2,1-15H3,(H,36,37,38,39). The van der Waals surface area contributed by atoms with Gasteiger partial charge in [-0.2, -0.15) is 25.1 Å². The lowest BCUT2D eigenvalue weighted by molar-refractivity contribution is -0.281. The minimum Gasteiger partial charge on any atom is -0.349 e. The van der Waals surface area contributed by atoms with Gasteiger partial charge in [-0.15, -0.1) is 0 Å². The number of anilines is 3. The van der Waals surface area contributed by atoms with Crippen molar-refractivity contribution in [3.63, 3.8) is 0 Å². The van der Waals surface area contributed by atoms with E-state index in [0.717, 1.165) is 32.1 Å². The van der Waals surface area contributed by atoms with Crippen LogP contribution in [0.4, 0.5) is 17.8 Å². The largest absolute Gasteiger partial charge is 0.349 e. The molecule has 3 heterocycles. The zero-order valence-corrected chi connectivity index (χ0v) is 31.2. The third kappa shape index (κ3) is 8.96. The summed E-state index contributed by atoms with van der Waals surface area (Å²) in [5.41, 5.74) is 10.6. The summed E-state index contributed by atoms with van der Waals surface area (Å²) < 4.78 is 0. The summed E-state index contributed by atoms with van der Waals surface area (Å²) in [6.45, 7) is 29.2. The summed E-state index contributed by atoms with van der Waals surface area (Å²) in [5.74, 6) is 1.91. The minimum absolute atomic E-state index is 0.135. The lowest BCUT2D eigenvalue weighted by atomic mass is 9.78. The molecule has 2 aliphatic rings. The average molecular weight is 635 g/mol. The molecule has 0 radical (unpaired) electrons. The van der Waals surface area contributed by atoms with Crippen LogP contribution in [0, 0.1) is 5.41 Å². The third-order valence-corrected chi connectivity index (χ3v) is 9.31. The highest BCUT2D eigenvalue weighted by Crippen LogP contribution is 2.43. The van der Waals surface area contributed by atoms with E-state index in [1.165, 1.54) is 0 Å². The molecule has 1 aromatic rings. The second kappa shape index (κ2) is 13.0. The van der Waals surface area contributed by atoms with Gasteiger partial charge >= 0.3 is 0 Å². The van der Waals surface area contributed by atoms with Gasteiger partial charge in [-0.3, -0.25) is 9.68 Å². The van der Waals surface area contributed by atoms with Crippen molar-refractivity contribution < 1.29 is 9.68 Å².